The normalized spacial score (nSPS) is 13.1. The molecule has 0 aromatic heterocycles. The number of Topliss-reactive ketones (excluding diaryl/α,β-unsaturated/α-hetero) is 1. The fraction of sp³-hybridized carbons (Fsp3) is 0.250. The average molecular weight is 349 g/mol. The minimum Gasteiger partial charge on any atom is -0.449 e. The topological polar surface area (TPSA) is 91.8 Å². The maximum Gasteiger partial charge on any atom is 0.407 e. The maximum absolute atomic E-state index is 12.1. The van der Waals surface area contributed by atoms with E-state index in [0.717, 1.165) is 28.5 Å². The second-order valence-corrected chi connectivity index (χ2v) is 6.08. The molecule has 0 saturated heterocycles. The molecule has 0 saturated carbocycles. The summed E-state index contributed by atoms with van der Waals surface area (Å²) in [5.41, 5.74) is 13.0. The molecule has 0 radical (unpaired) electrons. The van der Waals surface area contributed by atoms with Crippen LogP contribution in [0.15, 0.2) is 48.5 Å². The molecule has 6 nitrogen and oxygen atoms in total. The van der Waals surface area contributed by atoms with E-state index in [-0.39, 0.29) is 12.5 Å². The van der Waals surface area contributed by atoms with Gasteiger partial charge in [0, 0.05) is 5.92 Å². The first-order valence-electron chi connectivity index (χ1n) is 8.48. The summed E-state index contributed by atoms with van der Waals surface area (Å²) in [6, 6.07) is 15.4. The van der Waals surface area contributed by atoms with Crippen molar-refractivity contribution in [2.24, 2.45) is 0 Å². The summed E-state index contributed by atoms with van der Waals surface area (Å²) in [5, 5.41) is 2.51. The third kappa shape index (κ3) is 3.41. The number of hydrogen-bond donors (Lipinski definition) is 1. The standard InChI is InChI=1S/C20H19N3O3/c1-2-18(19(24)11-22-21)23-20(25)26-12-17-15-9-5-3-7-13(15)14-8-4-6-10-16(14)17/h3-11,17-18H,2,12H2,1H3,(H,23,25)/t18-/m0/s1. The van der Waals surface area contributed by atoms with Crippen LogP contribution in [0, 0.1) is 0 Å². The highest BCUT2D eigenvalue weighted by molar-refractivity contribution is 6.28. The van der Waals surface area contributed by atoms with Gasteiger partial charge in [0.1, 0.15) is 12.6 Å². The molecule has 132 valence electrons. The molecule has 0 aliphatic heterocycles. The Labute approximate surface area is 151 Å². The van der Waals surface area contributed by atoms with Crippen molar-refractivity contribution < 1.29 is 19.1 Å². The van der Waals surface area contributed by atoms with Gasteiger partial charge in [-0.1, -0.05) is 55.5 Å². The van der Waals surface area contributed by atoms with E-state index < -0.39 is 17.9 Å². The molecule has 0 unspecified atom stereocenters. The second kappa shape index (κ2) is 7.76. The van der Waals surface area contributed by atoms with Gasteiger partial charge in [-0.15, -0.1) is 0 Å². The third-order valence-corrected chi connectivity index (χ3v) is 4.57. The number of alkyl carbamates (subject to hydrolysis) is 1. The SMILES string of the molecule is CC[C@H](NC(=O)OCC1c2ccccc2-c2ccccc21)C(=O)C=[N+]=[N-]. The maximum atomic E-state index is 12.1. The molecule has 3 rings (SSSR count). The first-order valence-corrected chi connectivity index (χ1v) is 8.48. The molecular formula is C20H19N3O3. The Bertz CT molecular complexity index is 842. The van der Waals surface area contributed by atoms with Gasteiger partial charge in [0.05, 0.1) is 0 Å². The lowest BCUT2D eigenvalue weighted by molar-refractivity contribution is -0.117. The van der Waals surface area contributed by atoms with E-state index in [9.17, 15) is 9.59 Å². The van der Waals surface area contributed by atoms with E-state index in [4.69, 9.17) is 10.3 Å². The zero-order valence-corrected chi connectivity index (χ0v) is 14.4. The molecule has 0 bridgehead atoms. The lowest BCUT2D eigenvalue weighted by Crippen LogP contribution is -2.41. The van der Waals surface area contributed by atoms with Crippen molar-refractivity contribution in [2.75, 3.05) is 6.61 Å². The highest BCUT2D eigenvalue weighted by Crippen LogP contribution is 2.44. The molecule has 0 spiro atoms. The van der Waals surface area contributed by atoms with Gasteiger partial charge < -0.3 is 15.6 Å². The smallest absolute Gasteiger partial charge is 0.407 e. The largest absolute Gasteiger partial charge is 0.449 e. The Balaban J connectivity index is 1.71. The van der Waals surface area contributed by atoms with E-state index >= 15 is 0 Å². The minimum absolute atomic E-state index is 0.0390. The van der Waals surface area contributed by atoms with Crippen molar-refractivity contribution in [3.05, 3.63) is 65.2 Å². The number of rotatable bonds is 6. The van der Waals surface area contributed by atoms with Gasteiger partial charge in [0.2, 0.25) is 0 Å². The van der Waals surface area contributed by atoms with Gasteiger partial charge in [-0.25, -0.2) is 4.79 Å². The van der Waals surface area contributed by atoms with Crippen molar-refractivity contribution in [2.45, 2.75) is 25.3 Å². The second-order valence-electron chi connectivity index (χ2n) is 6.08. The summed E-state index contributed by atoms with van der Waals surface area (Å²) in [6.45, 7) is 1.93. The van der Waals surface area contributed by atoms with Crippen LogP contribution < -0.4 is 5.32 Å². The predicted octanol–water partition coefficient (Wildman–Crippen LogP) is 3.17. The molecule has 1 atom stereocenters. The monoisotopic (exact) mass is 349 g/mol. The Morgan fingerprint density at radius 2 is 1.73 bits per heavy atom. The number of nitrogens with one attached hydrogen (secondary N) is 1. The summed E-state index contributed by atoms with van der Waals surface area (Å²) < 4.78 is 5.39. The van der Waals surface area contributed by atoms with Gasteiger partial charge in [0.15, 0.2) is 0 Å². The van der Waals surface area contributed by atoms with Crippen LogP contribution in [0.5, 0.6) is 0 Å². The number of hydrogen-bond acceptors (Lipinski definition) is 3. The summed E-state index contributed by atoms with van der Waals surface area (Å²) in [4.78, 5) is 26.5. The summed E-state index contributed by atoms with van der Waals surface area (Å²) >= 11 is 0. The van der Waals surface area contributed by atoms with Crippen molar-refractivity contribution in [3.8, 4) is 11.1 Å². The number of fused-ring (bicyclic) bond motifs is 3. The lowest BCUT2D eigenvalue weighted by Gasteiger charge is -2.16. The molecule has 26 heavy (non-hydrogen) atoms. The molecule has 1 aliphatic carbocycles. The van der Waals surface area contributed by atoms with Gasteiger partial charge in [-0.3, -0.25) is 4.79 Å². The van der Waals surface area contributed by atoms with E-state index in [1.165, 1.54) is 0 Å². The van der Waals surface area contributed by atoms with Crippen molar-refractivity contribution in [1.82, 2.24) is 5.32 Å². The van der Waals surface area contributed by atoms with Gasteiger partial charge in [-0.2, -0.15) is 4.79 Å². The van der Waals surface area contributed by atoms with Crippen LogP contribution in [0.3, 0.4) is 0 Å². The van der Waals surface area contributed by atoms with Crippen LogP contribution >= 0.6 is 0 Å². The van der Waals surface area contributed by atoms with Crippen LogP contribution in [0.4, 0.5) is 4.79 Å². The fourth-order valence-electron chi connectivity index (χ4n) is 3.30. The lowest BCUT2D eigenvalue weighted by atomic mass is 9.98. The van der Waals surface area contributed by atoms with Crippen LogP contribution in [-0.4, -0.2) is 35.5 Å². The summed E-state index contributed by atoms with van der Waals surface area (Å²) in [7, 11) is 0. The van der Waals surface area contributed by atoms with Crippen LogP contribution in [-0.2, 0) is 9.53 Å². The zero-order chi connectivity index (χ0) is 18.5. The first kappa shape index (κ1) is 17.6. The Kier molecular flexibility index (Phi) is 5.25. The number of amides is 1. The van der Waals surface area contributed by atoms with Gasteiger partial charge in [0.25, 0.3) is 5.78 Å². The highest BCUT2D eigenvalue weighted by Gasteiger charge is 2.29. The fourth-order valence-corrected chi connectivity index (χ4v) is 3.30. The van der Waals surface area contributed by atoms with Crippen LogP contribution in [0.2, 0.25) is 0 Å². The molecular weight excluding hydrogens is 330 g/mol. The van der Waals surface area contributed by atoms with E-state index in [0.29, 0.717) is 6.42 Å². The molecule has 6 heteroatoms. The highest BCUT2D eigenvalue weighted by atomic mass is 16.5. The zero-order valence-electron chi connectivity index (χ0n) is 14.4. The quantitative estimate of drug-likeness (QED) is 0.493. The molecule has 1 aliphatic rings. The van der Waals surface area contributed by atoms with Gasteiger partial charge in [-0.05, 0) is 28.7 Å². The molecule has 0 heterocycles. The minimum atomic E-state index is -0.776. The Hall–Kier alpha value is -3.24. The first-order chi connectivity index (χ1) is 12.7. The van der Waals surface area contributed by atoms with Gasteiger partial charge >= 0.3 is 12.3 Å². The molecule has 2 aromatic carbocycles. The van der Waals surface area contributed by atoms with E-state index in [1.807, 2.05) is 36.4 Å². The van der Waals surface area contributed by atoms with Crippen molar-refractivity contribution in [1.29, 1.82) is 0 Å². The number of nitrogens with zero attached hydrogens (tertiary/aromatic N) is 2. The number of carbonyl (C=O) groups is 2. The predicted molar refractivity (Wildman–Crippen MR) is 97.0 cm³/mol. The molecule has 1 amide bonds. The summed E-state index contributed by atoms with van der Waals surface area (Å²) in [6.07, 6.45) is 0.478. The molecule has 2 aromatic rings. The number of ether oxygens (including phenoxy) is 1. The third-order valence-electron chi connectivity index (χ3n) is 4.57. The van der Waals surface area contributed by atoms with Crippen molar-refractivity contribution in [3.63, 3.8) is 0 Å². The average Bonchev–Trinajstić information content (AvgIpc) is 2.98. The van der Waals surface area contributed by atoms with Crippen LogP contribution in [0.25, 0.3) is 16.7 Å². The number of benzene rings is 2. The molecule has 1 N–H and O–H groups in total. The summed E-state index contributed by atoms with van der Waals surface area (Å²) in [5.74, 6) is -0.522. The Morgan fingerprint density at radius 3 is 2.27 bits per heavy atom. The number of carbonyl (C=O) groups excluding carboxylic acids is 2. The van der Waals surface area contributed by atoms with Crippen molar-refractivity contribution >= 4 is 18.1 Å². The number of ketones is 1. The molecule has 0 fully saturated rings. The Morgan fingerprint density at radius 1 is 1.15 bits per heavy atom. The van der Waals surface area contributed by atoms with E-state index in [1.54, 1.807) is 6.92 Å². The van der Waals surface area contributed by atoms with Crippen LogP contribution in [0.1, 0.15) is 30.4 Å². The van der Waals surface area contributed by atoms with E-state index in [2.05, 4.69) is 22.2 Å².